The Balaban J connectivity index is 2.40. The lowest BCUT2D eigenvalue weighted by atomic mass is 10.1. The summed E-state index contributed by atoms with van der Waals surface area (Å²) in [4.78, 5) is 17.2. The third kappa shape index (κ3) is 2.29. The number of hydrogen-bond donors (Lipinski definition) is 1. The van der Waals surface area contributed by atoms with Gasteiger partial charge in [0, 0.05) is 0 Å². The van der Waals surface area contributed by atoms with Crippen molar-refractivity contribution >= 4 is 23.5 Å². The number of nitrogens with zero attached hydrogens (tertiary/aromatic N) is 2. The summed E-state index contributed by atoms with van der Waals surface area (Å²) >= 11 is 4.36. The fourth-order valence-corrected chi connectivity index (χ4v) is 2.63. The number of aromatic nitrogens is 2. The fraction of sp³-hybridized carbons (Fsp3) is 0.125. The molecule has 0 spiro atoms. The minimum Gasteiger partial charge on any atom is -0.495 e. The summed E-state index contributed by atoms with van der Waals surface area (Å²) in [6.07, 6.45) is 0. The molecule has 0 radical (unpaired) electrons. The quantitative estimate of drug-likeness (QED) is 0.584. The van der Waals surface area contributed by atoms with Crippen molar-refractivity contribution < 1.29 is 4.74 Å². The van der Waals surface area contributed by atoms with Crippen LogP contribution < -0.4 is 10.3 Å². The van der Waals surface area contributed by atoms with E-state index in [-0.39, 0.29) is 5.56 Å². The molecule has 0 amide bonds. The maximum absolute atomic E-state index is 12.8. The molecule has 0 aliphatic carbocycles. The van der Waals surface area contributed by atoms with E-state index in [9.17, 15) is 4.79 Å². The van der Waals surface area contributed by atoms with Crippen LogP contribution in [0.3, 0.4) is 0 Å². The van der Waals surface area contributed by atoms with Gasteiger partial charge in [-0.2, -0.15) is 0 Å². The van der Waals surface area contributed by atoms with Crippen LogP contribution in [-0.4, -0.2) is 16.7 Å². The zero-order valence-corrected chi connectivity index (χ0v) is 12.6. The van der Waals surface area contributed by atoms with Crippen molar-refractivity contribution in [3.05, 3.63) is 58.4 Å². The Bertz CT molecular complexity index is 887. The van der Waals surface area contributed by atoms with Gasteiger partial charge in [0.15, 0.2) is 5.16 Å². The van der Waals surface area contributed by atoms with Gasteiger partial charge < -0.3 is 4.74 Å². The van der Waals surface area contributed by atoms with Crippen LogP contribution in [0.5, 0.6) is 5.75 Å². The summed E-state index contributed by atoms with van der Waals surface area (Å²) in [5.41, 5.74) is 2.13. The minimum atomic E-state index is -0.154. The highest BCUT2D eigenvalue weighted by Gasteiger charge is 2.13. The highest BCUT2D eigenvalue weighted by atomic mass is 32.1. The Hall–Kier alpha value is -2.27. The van der Waals surface area contributed by atoms with E-state index in [4.69, 9.17) is 4.74 Å². The minimum absolute atomic E-state index is 0.154. The number of fused-ring (bicyclic) bond motifs is 1. The van der Waals surface area contributed by atoms with Gasteiger partial charge in [-0.05, 0) is 31.2 Å². The molecule has 1 aromatic heterocycles. The van der Waals surface area contributed by atoms with Gasteiger partial charge in [-0.15, -0.1) is 12.6 Å². The van der Waals surface area contributed by atoms with Gasteiger partial charge in [-0.1, -0.05) is 23.8 Å². The number of benzene rings is 2. The van der Waals surface area contributed by atoms with Crippen molar-refractivity contribution in [1.82, 2.24) is 9.55 Å². The smallest absolute Gasteiger partial charge is 0.266 e. The molecule has 106 valence electrons. The van der Waals surface area contributed by atoms with E-state index in [0.717, 1.165) is 5.56 Å². The summed E-state index contributed by atoms with van der Waals surface area (Å²) in [5.74, 6) is 0.601. The fourth-order valence-electron chi connectivity index (χ4n) is 2.32. The number of methoxy groups -OCH3 is 1. The average Bonchev–Trinajstić information content (AvgIpc) is 2.49. The number of aryl methyl sites for hydroxylation is 1. The Morgan fingerprint density at radius 1 is 1.19 bits per heavy atom. The lowest BCUT2D eigenvalue weighted by molar-refractivity contribution is 0.411. The maximum Gasteiger partial charge on any atom is 0.266 e. The van der Waals surface area contributed by atoms with Gasteiger partial charge in [-0.3, -0.25) is 9.36 Å². The summed E-state index contributed by atoms with van der Waals surface area (Å²) in [6, 6.07) is 12.9. The van der Waals surface area contributed by atoms with E-state index in [1.54, 1.807) is 13.2 Å². The Morgan fingerprint density at radius 2 is 1.95 bits per heavy atom. The van der Waals surface area contributed by atoms with Crippen LogP contribution in [0, 0.1) is 6.92 Å². The first kappa shape index (κ1) is 13.7. The van der Waals surface area contributed by atoms with Crippen molar-refractivity contribution in [3.8, 4) is 11.4 Å². The normalized spacial score (nSPS) is 10.8. The molecule has 0 aliphatic heterocycles. The standard InChI is InChI=1S/C16H14N2O2S/c1-10-7-8-12-11(9-10)15(19)18(16(21)17-12)13-5-3-4-6-14(13)20-2/h3-9H,1-2H3,(H,17,21). The molecule has 1 heterocycles. The molecule has 0 unspecified atom stereocenters. The third-order valence-electron chi connectivity index (χ3n) is 3.33. The van der Waals surface area contributed by atoms with E-state index in [1.165, 1.54) is 4.57 Å². The number of thiol groups is 1. The van der Waals surface area contributed by atoms with Crippen LogP contribution in [0.4, 0.5) is 0 Å². The van der Waals surface area contributed by atoms with Crippen LogP contribution in [0.25, 0.3) is 16.6 Å². The van der Waals surface area contributed by atoms with E-state index in [1.807, 2.05) is 43.3 Å². The molecule has 0 N–H and O–H groups in total. The largest absolute Gasteiger partial charge is 0.495 e. The van der Waals surface area contributed by atoms with Gasteiger partial charge in [0.1, 0.15) is 5.75 Å². The summed E-state index contributed by atoms with van der Waals surface area (Å²) in [5, 5.41) is 0.902. The van der Waals surface area contributed by atoms with Crippen molar-refractivity contribution in [2.24, 2.45) is 0 Å². The van der Waals surface area contributed by atoms with Gasteiger partial charge in [-0.25, -0.2) is 4.98 Å². The van der Waals surface area contributed by atoms with Crippen molar-refractivity contribution in [2.45, 2.75) is 12.1 Å². The molecule has 5 heteroatoms. The Kier molecular flexibility index (Phi) is 3.43. The molecule has 0 saturated heterocycles. The number of ether oxygens (including phenoxy) is 1. The monoisotopic (exact) mass is 298 g/mol. The molecule has 0 atom stereocenters. The summed E-state index contributed by atoms with van der Waals surface area (Å²) < 4.78 is 6.79. The van der Waals surface area contributed by atoms with E-state index in [2.05, 4.69) is 17.6 Å². The van der Waals surface area contributed by atoms with Gasteiger partial charge >= 0.3 is 0 Å². The van der Waals surface area contributed by atoms with E-state index >= 15 is 0 Å². The molecule has 0 fully saturated rings. The first-order valence-electron chi connectivity index (χ1n) is 6.47. The number of para-hydroxylation sites is 2. The Morgan fingerprint density at radius 3 is 2.71 bits per heavy atom. The highest BCUT2D eigenvalue weighted by Crippen LogP contribution is 2.24. The summed E-state index contributed by atoms with van der Waals surface area (Å²) in [7, 11) is 1.57. The molecule has 3 rings (SSSR count). The molecular formula is C16H14N2O2S. The first-order valence-corrected chi connectivity index (χ1v) is 6.92. The SMILES string of the molecule is COc1ccccc1-n1c(S)nc2ccc(C)cc2c1=O. The molecule has 3 aromatic rings. The molecule has 0 saturated carbocycles. The van der Waals surface area contributed by atoms with Crippen LogP contribution >= 0.6 is 12.6 Å². The number of rotatable bonds is 2. The molecule has 4 nitrogen and oxygen atoms in total. The molecular weight excluding hydrogens is 284 g/mol. The zero-order chi connectivity index (χ0) is 15.0. The van der Waals surface area contributed by atoms with Crippen molar-refractivity contribution in [1.29, 1.82) is 0 Å². The van der Waals surface area contributed by atoms with Gasteiger partial charge in [0.25, 0.3) is 5.56 Å². The lowest BCUT2D eigenvalue weighted by Gasteiger charge is -2.13. The number of hydrogen-bond acceptors (Lipinski definition) is 4. The molecule has 21 heavy (non-hydrogen) atoms. The van der Waals surface area contributed by atoms with Crippen molar-refractivity contribution in [3.63, 3.8) is 0 Å². The predicted octanol–water partition coefficient (Wildman–Crippen LogP) is 2.99. The maximum atomic E-state index is 12.8. The summed E-state index contributed by atoms with van der Waals surface area (Å²) in [6.45, 7) is 1.95. The lowest BCUT2D eigenvalue weighted by Crippen LogP contribution is -2.21. The Labute approximate surface area is 127 Å². The van der Waals surface area contributed by atoms with E-state index in [0.29, 0.717) is 27.5 Å². The average molecular weight is 298 g/mol. The second kappa shape index (κ2) is 5.26. The van der Waals surface area contributed by atoms with E-state index < -0.39 is 0 Å². The topological polar surface area (TPSA) is 44.1 Å². The zero-order valence-electron chi connectivity index (χ0n) is 11.7. The van der Waals surface area contributed by atoms with Crippen LogP contribution in [-0.2, 0) is 0 Å². The molecule has 2 aromatic carbocycles. The van der Waals surface area contributed by atoms with Crippen LogP contribution in [0.15, 0.2) is 52.4 Å². The second-order valence-corrected chi connectivity index (χ2v) is 5.14. The molecule has 0 aliphatic rings. The van der Waals surface area contributed by atoms with Crippen LogP contribution in [0.2, 0.25) is 0 Å². The van der Waals surface area contributed by atoms with Gasteiger partial charge in [0.05, 0.1) is 23.7 Å². The first-order chi connectivity index (χ1) is 10.1. The van der Waals surface area contributed by atoms with Crippen LogP contribution in [0.1, 0.15) is 5.56 Å². The molecule has 0 bridgehead atoms. The predicted molar refractivity (Wildman–Crippen MR) is 85.9 cm³/mol. The van der Waals surface area contributed by atoms with Crippen molar-refractivity contribution in [2.75, 3.05) is 7.11 Å². The highest BCUT2D eigenvalue weighted by molar-refractivity contribution is 7.80. The van der Waals surface area contributed by atoms with Gasteiger partial charge in [0.2, 0.25) is 0 Å². The second-order valence-electron chi connectivity index (χ2n) is 4.74. The third-order valence-corrected chi connectivity index (χ3v) is 3.63.